The monoisotopic (exact) mass is 286 g/mol. The molecule has 20 heavy (non-hydrogen) atoms. The van der Waals surface area contributed by atoms with Crippen LogP contribution in [0.3, 0.4) is 0 Å². The summed E-state index contributed by atoms with van der Waals surface area (Å²) in [6, 6.07) is 12.9. The van der Waals surface area contributed by atoms with E-state index >= 15 is 0 Å². The molecular weight excluding hydrogens is 272 g/mol. The van der Waals surface area contributed by atoms with Crippen molar-refractivity contribution in [2.75, 3.05) is 7.11 Å². The maximum atomic E-state index is 9.47. The first-order chi connectivity index (χ1) is 9.76. The van der Waals surface area contributed by atoms with E-state index in [1.807, 2.05) is 30.3 Å². The normalized spacial score (nSPS) is 10.7. The number of methoxy groups -OCH3 is 1. The highest BCUT2D eigenvalue weighted by molar-refractivity contribution is 7.17. The quantitative estimate of drug-likeness (QED) is 0.781. The first-order valence-corrected chi connectivity index (χ1v) is 7.10. The predicted molar refractivity (Wildman–Crippen MR) is 80.8 cm³/mol. The zero-order valence-electron chi connectivity index (χ0n) is 11.0. The van der Waals surface area contributed by atoms with Crippen LogP contribution in [0.2, 0.25) is 0 Å². The van der Waals surface area contributed by atoms with Crippen molar-refractivity contribution < 1.29 is 14.6 Å². The molecule has 3 nitrogen and oxygen atoms in total. The van der Waals surface area contributed by atoms with Gasteiger partial charge in [-0.25, -0.2) is 0 Å². The van der Waals surface area contributed by atoms with Crippen molar-refractivity contribution in [3.63, 3.8) is 0 Å². The van der Waals surface area contributed by atoms with E-state index in [2.05, 4.69) is 5.38 Å². The van der Waals surface area contributed by atoms with Gasteiger partial charge in [0, 0.05) is 16.3 Å². The molecule has 0 aliphatic heterocycles. The zero-order chi connectivity index (χ0) is 13.9. The molecule has 102 valence electrons. The third-order valence-corrected chi connectivity index (χ3v) is 4.07. The van der Waals surface area contributed by atoms with Crippen LogP contribution in [0.5, 0.6) is 17.2 Å². The molecule has 0 amide bonds. The van der Waals surface area contributed by atoms with E-state index in [0.717, 1.165) is 27.1 Å². The molecule has 0 aliphatic carbocycles. The Labute approximate surface area is 121 Å². The number of benzene rings is 2. The van der Waals surface area contributed by atoms with Gasteiger partial charge in [-0.15, -0.1) is 11.3 Å². The van der Waals surface area contributed by atoms with E-state index in [4.69, 9.17) is 9.47 Å². The molecule has 0 atom stereocenters. The molecule has 1 aromatic heterocycles. The Morgan fingerprint density at radius 2 is 1.95 bits per heavy atom. The Morgan fingerprint density at radius 1 is 1.10 bits per heavy atom. The number of phenols is 1. The van der Waals surface area contributed by atoms with Gasteiger partial charge in [0.05, 0.1) is 7.11 Å². The summed E-state index contributed by atoms with van der Waals surface area (Å²) < 4.78 is 12.0. The van der Waals surface area contributed by atoms with Gasteiger partial charge in [-0.05, 0) is 41.1 Å². The molecule has 0 fully saturated rings. The van der Waals surface area contributed by atoms with E-state index in [1.54, 1.807) is 30.6 Å². The van der Waals surface area contributed by atoms with Gasteiger partial charge in [-0.1, -0.05) is 6.07 Å². The van der Waals surface area contributed by atoms with Crippen LogP contribution >= 0.6 is 11.3 Å². The smallest absolute Gasteiger partial charge is 0.123 e. The lowest BCUT2D eigenvalue weighted by Crippen LogP contribution is -1.94. The lowest BCUT2D eigenvalue weighted by atomic mass is 10.2. The number of hydrogen-bond donors (Lipinski definition) is 1. The van der Waals surface area contributed by atoms with Crippen LogP contribution in [0.15, 0.2) is 47.8 Å². The summed E-state index contributed by atoms with van der Waals surface area (Å²) in [5.41, 5.74) is 1.12. The number of thiophene rings is 1. The van der Waals surface area contributed by atoms with Gasteiger partial charge in [0.1, 0.15) is 23.9 Å². The summed E-state index contributed by atoms with van der Waals surface area (Å²) >= 11 is 1.61. The predicted octanol–water partition coefficient (Wildman–Crippen LogP) is 4.19. The van der Waals surface area contributed by atoms with Crippen LogP contribution in [-0.2, 0) is 6.61 Å². The minimum atomic E-state index is 0.291. The van der Waals surface area contributed by atoms with Crippen LogP contribution in [0.25, 0.3) is 10.1 Å². The highest BCUT2D eigenvalue weighted by Crippen LogP contribution is 2.30. The summed E-state index contributed by atoms with van der Waals surface area (Å²) in [7, 11) is 1.64. The molecule has 3 rings (SSSR count). The highest BCUT2D eigenvalue weighted by atomic mass is 32.1. The third-order valence-electron chi connectivity index (χ3n) is 3.07. The summed E-state index contributed by atoms with van der Waals surface area (Å²) in [4.78, 5) is 0. The second-order valence-electron chi connectivity index (χ2n) is 4.41. The van der Waals surface area contributed by atoms with Crippen LogP contribution < -0.4 is 9.47 Å². The van der Waals surface area contributed by atoms with E-state index in [1.165, 1.54) is 0 Å². The lowest BCUT2D eigenvalue weighted by Gasteiger charge is -2.07. The maximum Gasteiger partial charge on any atom is 0.123 e. The number of phenolic OH excluding ortho intramolecular Hbond substituents is 1. The number of rotatable bonds is 4. The van der Waals surface area contributed by atoms with Gasteiger partial charge < -0.3 is 14.6 Å². The summed E-state index contributed by atoms with van der Waals surface area (Å²) in [6.45, 7) is 0.498. The number of aromatic hydroxyl groups is 1. The highest BCUT2D eigenvalue weighted by Gasteiger charge is 2.06. The number of fused-ring (bicyclic) bond motifs is 1. The van der Waals surface area contributed by atoms with Crippen molar-refractivity contribution in [2.24, 2.45) is 0 Å². The largest absolute Gasteiger partial charge is 0.508 e. The first kappa shape index (κ1) is 12.8. The molecule has 0 radical (unpaired) electrons. The number of ether oxygens (including phenoxy) is 2. The minimum Gasteiger partial charge on any atom is -0.508 e. The molecule has 0 saturated carbocycles. The van der Waals surface area contributed by atoms with Gasteiger partial charge in [0.25, 0.3) is 0 Å². The second kappa shape index (κ2) is 5.43. The van der Waals surface area contributed by atoms with Crippen LogP contribution in [0.4, 0.5) is 0 Å². The molecular formula is C16H14O3S. The van der Waals surface area contributed by atoms with E-state index in [9.17, 15) is 5.11 Å². The molecule has 3 aromatic rings. The Bertz CT molecular complexity index is 733. The minimum absolute atomic E-state index is 0.291. The van der Waals surface area contributed by atoms with Crippen molar-refractivity contribution >= 4 is 21.4 Å². The number of hydrogen-bond acceptors (Lipinski definition) is 4. The van der Waals surface area contributed by atoms with Crippen molar-refractivity contribution in [1.29, 1.82) is 0 Å². The molecule has 0 aliphatic rings. The van der Waals surface area contributed by atoms with Crippen molar-refractivity contribution in [2.45, 2.75) is 6.61 Å². The molecule has 0 spiro atoms. The average Bonchev–Trinajstić information content (AvgIpc) is 2.87. The molecule has 0 saturated heterocycles. The fourth-order valence-corrected chi connectivity index (χ4v) is 3.01. The summed E-state index contributed by atoms with van der Waals surface area (Å²) in [5.74, 6) is 1.85. The standard InChI is InChI=1S/C16H14O3S/c1-18-13-3-2-4-14(8-13)19-9-11-10-20-16-7-12(17)5-6-15(11)16/h2-8,10,17H,9H2,1H3. The van der Waals surface area contributed by atoms with Crippen molar-refractivity contribution in [1.82, 2.24) is 0 Å². The maximum absolute atomic E-state index is 9.47. The second-order valence-corrected chi connectivity index (χ2v) is 5.32. The molecule has 0 unspecified atom stereocenters. The van der Waals surface area contributed by atoms with Gasteiger partial charge in [-0.3, -0.25) is 0 Å². The Balaban J connectivity index is 1.79. The Morgan fingerprint density at radius 3 is 2.80 bits per heavy atom. The van der Waals surface area contributed by atoms with Gasteiger partial charge in [0.15, 0.2) is 0 Å². The Kier molecular flexibility index (Phi) is 3.48. The van der Waals surface area contributed by atoms with Gasteiger partial charge in [0.2, 0.25) is 0 Å². The molecule has 1 N–H and O–H groups in total. The Hall–Kier alpha value is -2.20. The first-order valence-electron chi connectivity index (χ1n) is 6.22. The van der Waals surface area contributed by atoms with Gasteiger partial charge in [-0.2, -0.15) is 0 Å². The van der Waals surface area contributed by atoms with Gasteiger partial charge >= 0.3 is 0 Å². The van der Waals surface area contributed by atoms with E-state index in [-0.39, 0.29) is 0 Å². The fourth-order valence-electron chi connectivity index (χ4n) is 2.04. The third kappa shape index (κ3) is 2.56. The SMILES string of the molecule is COc1cccc(OCc2csc3cc(O)ccc23)c1. The molecule has 0 bridgehead atoms. The average molecular weight is 286 g/mol. The summed E-state index contributed by atoms with van der Waals surface area (Å²) in [6.07, 6.45) is 0. The molecule has 2 aromatic carbocycles. The zero-order valence-corrected chi connectivity index (χ0v) is 11.8. The molecule has 1 heterocycles. The van der Waals surface area contributed by atoms with E-state index < -0.39 is 0 Å². The van der Waals surface area contributed by atoms with Crippen molar-refractivity contribution in [3.05, 3.63) is 53.4 Å². The fraction of sp³-hybridized carbons (Fsp3) is 0.125. The lowest BCUT2D eigenvalue weighted by molar-refractivity contribution is 0.305. The van der Waals surface area contributed by atoms with E-state index in [0.29, 0.717) is 12.4 Å². The van der Waals surface area contributed by atoms with Crippen LogP contribution in [0, 0.1) is 0 Å². The molecule has 4 heteroatoms. The topological polar surface area (TPSA) is 38.7 Å². The summed E-state index contributed by atoms with van der Waals surface area (Å²) in [5, 5.41) is 12.6. The van der Waals surface area contributed by atoms with Crippen molar-refractivity contribution in [3.8, 4) is 17.2 Å². The van der Waals surface area contributed by atoms with Crippen LogP contribution in [0.1, 0.15) is 5.56 Å². The van der Waals surface area contributed by atoms with Crippen LogP contribution in [-0.4, -0.2) is 12.2 Å².